The van der Waals surface area contributed by atoms with Gasteiger partial charge in [-0.1, -0.05) is 0 Å². The van der Waals surface area contributed by atoms with Crippen molar-refractivity contribution in [2.75, 3.05) is 0 Å². The summed E-state index contributed by atoms with van der Waals surface area (Å²) >= 11 is 0. The zero-order valence-corrected chi connectivity index (χ0v) is 6.38. The van der Waals surface area contributed by atoms with Gasteiger partial charge in [-0.15, -0.1) is 0 Å². The Kier molecular flexibility index (Phi) is 1.91. The van der Waals surface area contributed by atoms with E-state index >= 15 is 0 Å². The van der Waals surface area contributed by atoms with Crippen LogP contribution < -0.4 is 11.5 Å². The Hall–Kier alpha value is -0.570. The van der Waals surface area contributed by atoms with E-state index in [4.69, 9.17) is 0 Å². The molecule has 2 nitrogen and oxygen atoms in total. The van der Waals surface area contributed by atoms with Crippen LogP contribution in [-0.4, -0.2) is 29.6 Å². The van der Waals surface area contributed by atoms with Gasteiger partial charge in [0.2, 0.25) is 0 Å². The molecule has 0 heterocycles. The second-order valence-electron chi connectivity index (χ2n) is 3.01. The smallest absolute Gasteiger partial charge is 0.317 e. The first kappa shape index (κ1) is 11.5. The van der Waals surface area contributed by atoms with Crippen molar-refractivity contribution in [2.45, 2.75) is 29.6 Å². The van der Waals surface area contributed by atoms with Gasteiger partial charge < -0.3 is 5.73 Å². The van der Waals surface area contributed by atoms with E-state index in [1.165, 1.54) is 0 Å². The lowest BCUT2D eigenvalue weighted by Gasteiger charge is -2.27. The maximum Gasteiger partial charge on any atom is 0.364 e. The molecule has 1 saturated carbocycles. The van der Waals surface area contributed by atoms with Gasteiger partial charge in [0.1, 0.15) is 6.04 Å². The Labute approximate surface area is 73.0 Å². The lowest BCUT2D eigenvalue weighted by atomic mass is 10.1. The molecule has 1 aliphatic carbocycles. The molecule has 14 heavy (non-hydrogen) atoms. The molecule has 1 fully saturated rings. The Balaban J connectivity index is 3.38. The molecule has 1 unspecified atom stereocenters. The molecule has 84 valence electrons. The molecule has 0 saturated heterocycles. The summed E-state index contributed by atoms with van der Waals surface area (Å²) in [5.41, 5.74) is 8.01. The number of hydrogen-bond acceptors (Lipinski definition) is 2. The molecule has 1 rings (SSSR count). The molecule has 4 N–H and O–H groups in total. The molecule has 0 aromatic rings. The van der Waals surface area contributed by atoms with E-state index in [1.54, 1.807) is 0 Å². The van der Waals surface area contributed by atoms with Crippen LogP contribution in [0.25, 0.3) is 0 Å². The van der Waals surface area contributed by atoms with Gasteiger partial charge in [-0.2, -0.15) is 26.3 Å². The minimum Gasteiger partial charge on any atom is -0.317 e. The molecule has 2 atom stereocenters. The van der Waals surface area contributed by atoms with Crippen LogP contribution in [0.3, 0.4) is 0 Å². The summed E-state index contributed by atoms with van der Waals surface area (Å²) in [5, 5.41) is 0. The molecule has 0 spiro atoms. The van der Waals surface area contributed by atoms with E-state index in [9.17, 15) is 30.7 Å². The minimum atomic E-state index is -5.71. The minimum absolute atomic E-state index is 3.65. The van der Waals surface area contributed by atoms with Gasteiger partial charge in [-0.3, -0.25) is 5.73 Å². The van der Waals surface area contributed by atoms with Crippen molar-refractivity contribution < 1.29 is 30.7 Å². The predicted octanol–water partition coefficient (Wildman–Crippen LogP) is 0.858. The van der Waals surface area contributed by atoms with E-state index in [1.807, 2.05) is 0 Å². The zero-order chi connectivity index (χ0) is 11.6. The van der Waals surface area contributed by atoms with Gasteiger partial charge in [0.05, 0.1) is 0 Å². The number of rotatable bonds is 0. The third-order valence-electron chi connectivity index (χ3n) is 2.14. The summed E-state index contributed by atoms with van der Waals surface area (Å²) in [6.45, 7) is 0. The molecule has 0 aromatic carbocycles. The molecule has 0 amide bonds. The number of nitrogens with two attached hydrogens (primary N) is 2. The highest BCUT2D eigenvalue weighted by Crippen LogP contribution is 2.59. The van der Waals surface area contributed by atoms with Gasteiger partial charge in [0.15, 0.2) is 0 Å². The summed E-state index contributed by atoms with van der Waals surface area (Å²) in [4.78, 5) is 0. The number of hydrogen-bond donors (Lipinski definition) is 2. The fourth-order valence-corrected chi connectivity index (χ4v) is 1.10. The molecule has 0 bridgehead atoms. The molecular formula is C5H5F7N2. The van der Waals surface area contributed by atoms with Crippen LogP contribution in [0.15, 0.2) is 0 Å². The van der Waals surface area contributed by atoms with Crippen molar-refractivity contribution in [3.05, 3.63) is 0 Å². The van der Waals surface area contributed by atoms with Gasteiger partial charge in [0, 0.05) is 0 Å². The summed E-state index contributed by atoms with van der Waals surface area (Å²) in [7, 11) is 0. The molecule has 0 aliphatic heterocycles. The Morgan fingerprint density at radius 2 is 1.14 bits per heavy atom. The van der Waals surface area contributed by atoms with Gasteiger partial charge in [-0.05, 0) is 0 Å². The molecular weight excluding hydrogens is 221 g/mol. The Morgan fingerprint density at radius 1 is 0.786 bits per heavy atom. The fraction of sp³-hybridized carbons (Fsp3) is 1.00. The summed E-state index contributed by atoms with van der Waals surface area (Å²) in [6.07, 6.45) is 0. The SMILES string of the molecule is NC1C(F)(F)C(F)(F)[C@](N)(F)C1(F)F. The largest absolute Gasteiger partial charge is 0.364 e. The molecule has 1 aliphatic rings. The van der Waals surface area contributed by atoms with E-state index in [-0.39, 0.29) is 0 Å². The second-order valence-corrected chi connectivity index (χ2v) is 3.01. The highest BCUT2D eigenvalue weighted by atomic mass is 19.3. The molecule has 0 aromatic heterocycles. The lowest BCUT2D eigenvalue weighted by Crippen LogP contribution is -2.61. The van der Waals surface area contributed by atoms with Crippen molar-refractivity contribution in [1.29, 1.82) is 0 Å². The predicted molar refractivity (Wildman–Crippen MR) is 30.8 cm³/mol. The van der Waals surface area contributed by atoms with E-state index < -0.39 is 29.6 Å². The summed E-state index contributed by atoms with van der Waals surface area (Å²) in [6, 6.07) is -3.65. The summed E-state index contributed by atoms with van der Waals surface area (Å²) < 4.78 is 87.4. The normalized spacial score (nSPS) is 43.9. The fourth-order valence-electron chi connectivity index (χ4n) is 1.10. The molecule has 9 heteroatoms. The van der Waals surface area contributed by atoms with E-state index in [0.29, 0.717) is 0 Å². The first-order valence-electron chi connectivity index (χ1n) is 3.27. The first-order valence-corrected chi connectivity index (χ1v) is 3.27. The number of halogens is 7. The maximum atomic E-state index is 12.6. The van der Waals surface area contributed by atoms with Crippen LogP contribution in [0.5, 0.6) is 0 Å². The zero-order valence-electron chi connectivity index (χ0n) is 6.38. The third kappa shape index (κ3) is 0.842. The second kappa shape index (κ2) is 2.32. The van der Waals surface area contributed by atoms with Crippen LogP contribution in [0, 0.1) is 0 Å². The summed E-state index contributed by atoms with van der Waals surface area (Å²) in [5.74, 6) is -21.4. The van der Waals surface area contributed by atoms with Crippen LogP contribution in [0.4, 0.5) is 30.7 Å². The van der Waals surface area contributed by atoms with Gasteiger partial charge in [0.25, 0.3) is 5.79 Å². The third-order valence-corrected chi connectivity index (χ3v) is 2.14. The van der Waals surface area contributed by atoms with Crippen LogP contribution >= 0.6 is 0 Å². The van der Waals surface area contributed by atoms with Crippen LogP contribution in [0.2, 0.25) is 0 Å². The van der Waals surface area contributed by atoms with Gasteiger partial charge in [-0.25, -0.2) is 4.39 Å². The van der Waals surface area contributed by atoms with Crippen molar-refractivity contribution >= 4 is 0 Å². The van der Waals surface area contributed by atoms with E-state index in [2.05, 4.69) is 11.5 Å². The quantitative estimate of drug-likeness (QED) is 0.475. The standard InChI is InChI=1S/C5H5F7N2/c6-2(7)1(13)3(8,9)5(12,14)4(2,10)11/h1H,13-14H2/t1?,5-/m0/s1. The topological polar surface area (TPSA) is 52.0 Å². The monoisotopic (exact) mass is 226 g/mol. The van der Waals surface area contributed by atoms with E-state index in [0.717, 1.165) is 0 Å². The van der Waals surface area contributed by atoms with Crippen molar-refractivity contribution in [3.63, 3.8) is 0 Å². The van der Waals surface area contributed by atoms with Crippen molar-refractivity contribution in [2.24, 2.45) is 11.5 Å². The average molecular weight is 226 g/mol. The number of alkyl halides is 7. The molecule has 0 radical (unpaired) electrons. The first-order chi connectivity index (χ1) is 5.90. The average Bonchev–Trinajstić information content (AvgIpc) is 2.05. The Bertz CT molecular complexity index is 235. The highest BCUT2D eigenvalue weighted by Gasteiger charge is 2.90. The van der Waals surface area contributed by atoms with Crippen molar-refractivity contribution in [3.8, 4) is 0 Å². The highest BCUT2D eigenvalue weighted by molar-refractivity contribution is 5.22. The van der Waals surface area contributed by atoms with Crippen LogP contribution in [0.1, 0.15) is 0 Å². The van der Waals surface area contributed by atoms with Crippen molar-refractivity contribution in [1.82, 2.24) is 0 Å². The Morgan fingerprint density at radius 3 is 1.21 bits per heavy atom. The lowest BCUT2D eigenvalue weighted by molar-refractivity contribution is -0.251. The van der Waals surface area contributed by atoms with Crippen LogP contribution in [-0.2, 0) is 0 Å². The maximum absolute atomic E-state index is 12.6. The van der Waals surface area contributed by atoms with Gasteiger partial charge >= 0.3 is 17.8 Å².